The van der Waals surface area contributed by atoms with Crippen LogP contribution in [-0.2, 0) is 6.61 Å². The molecule has 0 unspecified atom stereocenters. The van der Waals surface area contributed by atoms with E-state index in [1.54, 1.807) is 12.1 Å². The van der Waals surface area contributed by atoms with Gasteiger partial charge in [0.05, 0.1) is 17.8 Å². The average Bonchev–Trinajstić information content (AvgIpc) is 2.52. The molecule has 0 bridgehead atoms. The number of benzene rings is 1. The Morgan fingerprint density at radius 2 is 2.07 bits per heavy atom. The Morgan fingerprint density at radius 1 is 1.40 bits per heavy atom. The highest BCUT2D eigenvalue weighted by atomic mass is 19.1. The van der Waals surface area contributed by atoms with E-state index >= 15 is 0 Å². The molecule has 1 heterocycles. The van der Waals surface area contributed by atoms with E-state index < -0.39 is 18.5 Å². The van der Waals surface area contributed by atoms with Crippen molar-refractivity contribution in [1.82, 2.24) is 4.57 Å². The predicted octanol–water partition coefficient (Wildman–Crippen LogP) is 1.80. The van der Waals surface area contributed by atoms with Crippen molar-refractivity contribution in [3.05, 3.63) is 35.8 Å². The van der Waals surface area contributed by atoms with Crippen LogP contribution in [0.5, 0.6) is 0 Å². The number of aromatic nitrogens is 1. The lowest BCUT2D eigenvalue weighted by Crippen LogP contribution is -2.11. The van der Waals surface area contributed by atoms with Crippen LogP contribution < -0.4 is 0 Å². The Balaban J connectivity index is 2.91. The van der Waals surface area contributed by atoms with Crippen LogP contribution in [0.2, 0.25) is 0 Å². The average molecular weight is 209 g/mol. The number of halogens is 1. The van der Waals surface area contributed by atoms with Gasteiger partial charge in [-0.25, -0.2) is 13.8 Å². The SMILES string of the molecule is O=C(O)n1c(CO)c(F)c2ccccc21. The lowest BCUT2D eigenvalue weighted by Gasteiger charge is -2.00. The first kappa shape index (κ1) is 9.67. The quantitative estimate of drug-likeness (QED) is 0.752. The zero-order valence-electron chi connectivity index (χ0n) is 7.64. The van der Waals surface area contributed by atoms with E-state index in [0.717, 1.165) is 4.57 Å². The standard InChI is InChI=1S/C10H8FNO3/c11-9-6-3-1-2-4-7(6)12(10(14)15)8(9)5-13/h1-4,13H,5H2,(H,14,15). The fourth-order valence-corrected chi connectivity index (χ4v) is 1.61. The fraction of sp³-hybridized carbons (Fsp3) is 0.100. The fourth-order valence-electron chi connectivity index (χ4n) is 1.61. The molecule has 0 saturated heterocycles. The van der Waals surface area contributed by atoms with Crippen molar-refractivity contribution in [3.63, 3.8) is 0 Å². The number of nitrogens with zero attached hydrogens (tertiary/aromatic N) is 1. The molecule has 2 aromatic rings. The van der Waals surface area contributed by atoms with Crippen molar-refractivity contribution in [3.8, 4) is 0 Å². The molecule has 0 aliphatic rings. The molecule has 78 valence electrons. The smallest absolute Gasteiger partial charge is 0.416 e. The summed E-state index contributed by atoms with van der Waals surface area (Å²) in [6.45, 7) is -0.646. The Labute approximate surface area is 84.2 Å². The minimum absolute atomic E-state index is 0.198. The Kier molecular flexibility index (Phi) is 2.17. The third kappa shape index (κ3) is 1.28. The van der Waals surface area contributed by atoms with Crippen molar-refractivity contribution in [2.75, 3.05) is 0 Å². The molecule has 0 atom stereocenters. The highest BCUT2D eigenvalue weighted by Crippen LogP contribution is 2.24. The number of carboxylic acid groups (broad SMARTS) is 1. The number of aliphatic hydroxyl groups is 1. The first-order valence-corrected chi connectivity index (χ1v) is 4.28. The summed E-state index contributed by atoms with van der Waals surface area (Å²) in [5, 5.41) is 18.0. The van der Waals surface area contributed by atoms with Crippen molar-refractivity contribution in [2.24, 2.45) is 0 Å². The van der Waals surface area contributed by atoms with Gasteiger partial charge in [-0.3, -0.25) is 0 Å². The van der Waals surface area contributed by atoms with Gasteiger partial charge in [0.25, 0.3) is 0 Å². The van der Waals surface area contributed by atoms with Gasteiger partial charge in [0, 0.05) is 5.39 Å². The monoisotopic (exact) mass is 209 g/mol. The number of fused-ring (bicyclic) bond motifs is 1. The molecule has 4 nitrogen and oxygen atoms in total. The molecular weight excluding hydrogens is 201 g/mol. The summed E-state index contributed by atoms with van der Waals surface area (Å²) < 4.78 is 14.4. The number of aliphatic hydroxyl groups excluding tert-OH is 1. The molecular formula is C10H8FNO3. The molecule has 1 aromatic heterocycles. The molecule has 2 N–H and O–H groups in total. The predicted molar refractivity (Wildman–Crippen MR) is 51.2 cm³/mol. The van der Waals surface area contributed by atoms with E-state index in [0.29, 0.717) is 0 Å². The second kappa shape index (κ2) is 3.36. The van der Waals surface area contributed by atoms with Crippen LogP contribution in [0.15, 0.2) is 24.3 Å². The molecule has 1 aromatic carbocycles. The summed E-state index contributed by atoms with van der Waals surface area (Å²) in [4.78, 5) is 10.9. The van der Waals surface area contributed by atoms with E-state index in [1.165, 1.54) is 12.1 Å². The van der Waals surface area contributed by atoms with E-state index in [9.17, 15) is 9.18 Å². The van der Waals surface area contributed by atoms with Crippen LogP contribution in [0, 0.1) is 5.82 Å². The maximum Gasteiger partial charge on any atom is 0.416 e. The Bertz CT molecular complexity index is 533. The highest BCUT2D eigenvalue weighted by molar-refractivity contribution is 5.90. The zero-order valence-corrected chi connectivity index (χ0v) is 7.64. The second-order valence-corrected chi connectivity index (χ2v) is 3.05. The van der Waals surface area contributed by atoms with Gasteiger partial charge in [-0.15, -0.1) is 0 Å². The third-order valence-corrected chi connectivity index (χ3v) is 2.25. The Morgan fingerprint density at radius 3 is 2.67 bits per heavy atom. The summed E-state index contributed by atoms with van der Waals surface area (Å²) in [6, 6.07) is 6.19. The summed E-state index contributed by atoms with van der Waals surface area (Å²) in [6.07, 6.45) is -1.31. The van der Waals surface area contributed by atoms with Crippen molar-refractivity contribution < 1.29 is 19.4 Å². The molecule has 5 heteroatoms. The van der Waals surface area contributed by atoms with Gasteiger partial charge in [-0.2, -0.15) is 0 Å². The van der Waals surface area contributed by atoms with Gasteiger partial charge in [0.1, 0.15) is 0 Å². The first-order chi connectivity index (χ1) is 7.16. The zero-order chi connectivity index (χ0) is 11.0. The minimum Gasteiger partial charge on any atom is -0.464 e. The molecule has 0 fully saturated rings. The molecule has 0 radical (unpaired) electrons. The van der Waals surface area contributed by atoms with Crippen molar-refractivity contribution in [2.45, 2.75) is 6.61 Å². The number of hydrogen-bond acceptors (Lipinski definition) is 2. The molecule has 0 aliphatic carbocycles. The second-order valence-electron chi connectivity index (χ2n) is 3.05. The van der Waals surface area contributed by atoms with Gasteiger partial charge < -0.3 is 10.2 Å². The van der Waals surface area contributed by atoms with Crippen LogP contribution in [-0.4, -0.2) is 20.9 Å². The number of rotatable bonds is 1. The van der Waals surface area contributed by atoms with E-state index in [2.05, 4.69) is 0 Å². The van der Waals surface area contributed by atoms with Crippen molar-refractivity contribution >= 4 is 17.0 Å². The van der Waals surface area contributed by atoms with Crippen LogP contribution in [0.4, 0.5) is 9.18 Å². The normalized spacial score (nSPS) is 10.8. The van der Waals surface area contributed by atoms with Gasteiger partial charge in [0.15, 0.2) is 5.82 Å². The lowest BCUT2D eigenvalue weighted by molar-refractivity contribution is 0.192. The first-order valence-electron chi connectivity index (χ1n) is 4.28. The summed E-state index contributed by atoms with van der Waals surface area (Å²) in [5.41, 5.74) is 0.00949. The van der Waals surface area contributed by atoms with Crippen LogP contribution in [0.1, 0.15) is 5.69 Å². The van der Waals surface area contributed by atoms with Crippen LogP contribution >= 0.6 is 0 Å². The molecule has 0 aliphatic heterocycles. The molecule has 2 rings (SSSR count). The summed E-state index contributed by atoms with van der Waals surface area (Å²) in [7, 11) is 0. The lowest BCUT2D eigenvalue weighted by atomic mass is 10.2. The summed E-state index contributed by atoms with van der Waals surface area (Å²) in [5.74, 6) is -0.685. The number of carbonyl (C=O) groups is 1. The number of hydrogen-bond donors (Lipinski definition) is 2. The van der Waals surface area contributed by atoms with Gasteiger partial charge >= 0.3 is 6.09 Å². The number of para-hydroxylation sites is 1. The minimum atomic E-state index is -1.31. The maximum absolute atomic E-state index is 13.6. The topological polar surface area (TPSA) is 62.5 Å². The maximum atomic E-state index is 13.6. The molecule has 0 amide bonds. The third-order valence-electron chi connectivity index (χ3n) is 2.25. The van der Waals surface area contributed by atoms with Gasteiger partial charge in [0.2, 0.25) is 0 Å². The molecule has 15 heavy (non-hydrogen) atoms. The van der Waals surface area contributed by atoms with Crippen LogP contribution in [0.25, 0.3) is 10.9 Å². The van der Waals surface area contributed by atoms with Crippen LogP contribution in [0.3, 0.4) is 0 Å². The Hall–Kier alpha value is -1.88. The van der Waals surface area contributed by atoms with E-state index in [-0.39, 0.29) is 16.6 Å². The van der Waals surface area contributed by atoms with E-state index in [4.69, 9.17) is 10.2 Å². The van der Waals surface area contributed by atoms with Gasteiger partial charge in [-0.05, 0) is 12.1 Å². The van der Waals surface area contributed by atoms with Crippen molar-refractivity contribution in [1.29, 1.82) is 0 Å². The molecule has 0 saturated carbocycles. The largest absolute Gasteiger partial charge is 0.464 e. The molecule has 0 spiro atoms. The van der Waals surface area contributed by atoms with E-state index in [1.807, 2.05) is 0 Å². The summed E-state index contributed by atoms with van der Waals surface area (Å²) >= 11 is 0. The highest BCUT2D eigenvalue weighted by Gasteiger charge is 2.19. The van der Waals surface area contributed by atoms with Gasteiger partial charge in [-0.1, -0.05) is 12.1 Å².